The Balaban J connectivity index is 1.78. The molecule has 0 saturated heterocycles. The van der Waals surface area contributed by atoms with Gasteiger partial charge in [-0.05, 0) is 32.1 Å². The topological polar surface area (TPSA) is 63.8 Å². The summed E-state index contributed by atoms with van der Waals surface area (Å²) in [6.07, 6.45) is 9.94. The first kappa shape index (κ1) is 11.0. The van der Waals surface area contributed by atoms with Crippen molar-refractivity contribution in [3.63, 3.8) is 0 Å². The van der Waals surface area contributed by atoms with Gasteiger partial charge in [0.2, 0.25) is 0 Å². The number of nitrogens with two attached hydrogens (primary N) is 1. The van der Waals surface area contributed by atoms with Crippen LogP contribution in [0.1, 0.15) is 43.4 Å². The molecule has 0 radical (unpaired) electrons. The minimum atomic E-state index is 0.274. The highest BCUT2D eigenvalue weighted by Gasteiger charge is 2.24. The van der Waals surface area contributed by atoms with Crippen molar-refractivity contribution >= 4 is 5.82 Å². The Bertz CT molecular complexity index is 404. The average molecular weight is 232 g/mol. The van der Waals surface area contributed by atoms with Crippen molar-refractivity contribution < 1.29 is 0 Å². The van der Waals surface area contributed by atoms with Crippen LogP contribution in [-0.2, 0) is 12.8 Å². The maximum absolute atomic E-state index is 6.17. The van der Waals surface area contributed by atoms with Crippen LogP contribution in [0, 0.1) is 0 Å². The van der Waals surface area contributed by atoms with Crippen LogP contribution < -0.4 is 11.1 Å². The van der Waals surface area contributed by atoms with Crippen molar-refractivity contribution in [2.45, 2.75) is 57.0 Å². The fraction of sp³-hybridized carbons (Fsp3) is 0.692. The van der Waals surface area contributed by atoms with Crippen LogP contribution >= 0.6 is 0 Å². The molecule has 0 spiro atoms. The van der Waals surface area contributed by atoms with E-state index in [0.29, 0.717) is 6.04 Å². The maximum atomic E-state index is 6.17. The van der Waals surface area contributed by atoms with Crippen molar-refractivity contribution in [1.29, 1.82) is 0 Å². The summed E-state index contributed by atoms with van der Waals surface area (Å²) in [5.41, 5.74) is 8.72. The fourth-order valence-electron chi connectivity index (χ4n) is 3.00. The van der Waals surface area contributed by atoms with E-state index in [-0.39, 0.29) is 6.04 Å². The third kappa shape index (κ3) is 2.14. The number of aryl methyl sites for hydroxylation is 1. The van der Waals surface area contributed by atoms with Crippen LogP contribution in [0.5, 0.6) is 0 Å². The number of nitrogens with zero attached hydrogens (tertiary/aromatic N) is 2. The normalized spacial score (nSPS) is 27.8. The molecule has 2 atom stereocenters. The standard InChI is InChI=1S/C13H20N4/c14-10-5-1-2-6-12(10)17-13-9-4-3-7-11(9)15-8-16-13/h8,10,12H,1-7,14H2,(H,15,16,17)/t10-,12-/m1/s1. The summed E-state index contributed by atoms with van der Waals surface area (Å²) in [7, 11) is 0. The summed E-state index contributed by atoms with van der Waals surface area (Å²) >= 11 is 0. The summed E-state index contributed by atoms with van der Waals surface area (Å²) in [6.45, 7) is 0. The molecule has 17 heavy (non-hydrogen) atoms. The molecule has 1 aromatic heterocycles. The van der Waals surface area contributed by atoms with Gasteiger partial charge in [-0.25, -0.2) is 9.97 Å². The molecule has 1 fully saturated rings. The van der Waals surface area contributed by atoms with Gasteiger partial charge >= 0.3 is 0 Å². The molecule has 4 nitrogen and oxygen atoms in total. The molecular weight excluding hydrogens is 212 g/mol. The number of hydrogen-bond donors (Lipinski definition) is 2. The first-order chi connectivity index (χ1) is 8.34. The largest absolute Gasteiger partial charge is 0.365 e. The lowest BCUT2D eigenvalue weighted by atomic mass is 9.91. The summed E-state index contributed by atoms with van der Waals surface area (Å²) in [5.74, 6) is 1.04. The molecule has 2 aliphatic carbocycles. The molecule has 1 saturated carbocycles. The first-order valence-electron chi connectivity index (χ1n) is 6.69. The van der Waals surface area contributed by atoms with Gasteiger partial charge in [-0.15, -0.1) is 0 Å². The van der Waals surface area contributed by atoms with Crippen molar-refractivity contribution in [3.05, 3.63) is 17.6 Å². The van der Waals surface area contributed by atoms with Gasteiger partial charge in [0.25, 0.3) is 0 Å². The molecule has 0 bridgehead atoms. The van der Waals surface area contributed by atoms with Gasteiger partial charge in [0.05, 0.1) is 0 Å². The predicted molar refractivity (Wildman–Crippen MR) is 67.9 cm³/mol. The van der Waals surface area contributed by atoms with E-state index in [4.69, 9.17) is 5.73 Å². The quantitative estimate of drug-likeness (QED) is 0.813. The SMILES string of the molecule is N[C@@H]1CCCC[C@H]1Nc1ncnc2c1CCC2. The van der Waals surface area contributed by atoms with E-state index >= 15 is 0 Å². The second kappa shape index (κ2) is 4.61. The van der Waals surface area contributed by atoms with Crippen molar-refractivity contribution in [2.24, 2.45) is 5.73 Å². The van der Waals surface area contributed by atoms with Crippen LogP contribution in [0.25, 0.3) is 0 Å². The number of nitrogens with one attached hydrogen (secondary N) is 1. The molecule has 2 aliphatic rings. The average Bonchev–Trinajstić information content (AvgIpc) is 2.81. The Kier molecular flexibility index (Phi) is 2.97. The molecule has 3 rings (SSSR count). The summed E-state index contributed by atoms with van der Waals surface area (Å²) in [6, 6.07) is 0.666. The highest BCUT2D eigenvalue weighted by molar-refractivity contribution is 5.48. The lowest BCUT2D eigenvalue weighted by molar-refractivity contribution is 0.403. The van der Waals surface area contributed by atoms with Crippen LogP contribution in [0.15, 0.2) is 6.33 Å². The predicted octanol–water partition coefficient (Wildman–Crippen LogP) is 1.65. The molecular formula is C13H20N4. The van der Waals surface area contributed by atoms with Gasteiger partial charge in [0.1, 0.15) is 12.1 Å². The van der Waals surface area contributed by atoms with E-state index in [1.165, 1.54) is 36.9 Å². The van der Waals surface area contributed by atoms with Crippen molar-refractivity contribution in [3.8, 4) is 0 Å². The first-order valence-corrected chi connectivity index (χ1v) is 6.69. The number of rotatable bonds is 2. The highest BCUT2D eigenvalue weighted by Crippen LogP contribution is 2.27. The zero-order valence-electron chi connectivity index (χ0n) is 10.2. The van der Waals surface area contributed by atoms with E-state index in [1.54, 1.807) is 6.33 Å². The Labute approximate surface area is 102 Å². The highest BCUT2D eigenvalue weighted by atomic mass is 15.1. The number of fused-ring (bicyclic) bond motifs is 1. The summed E-state index contributed by atoms with van der Waals surface area (Å²) in [4.78, 5) is 8.75. The molecule has 92 valence electrons. The van der Waals surface area contributed by atoms with Crippen molar-refractivity contribution in [2.75, 3.05) is 5.32 Å². The van der Waals surface area contributed by atoms with Gasteiger partial charge in [0.15, 0.2) is 0 Å². The van der Waals surface area contributed by atoms with E-state index in [2.05, 4.69) is 15.3 Å². The molecule has 0 amide bonds. The molecule has 0 aliphatic heterocycles. The summed E-state index contributed by atoms with van der Waals surface area (Å²) < 4.78 is 0. The van der Waals surface area contributed by atoms with E-state index < -0.39 is 0 Å². The Morgan fingerprint density at radius 2 is 2.00 bits per heavy atom. The Morgan fingerprint density at radius 1 is 1.12 bits per heavy atom. The van der Waals surface area contributed by atoms with E-state index in [0.717, 1.165) is 25.1 Å². The monoisotopic (exact) mass is 232 g/mol. The van der Waals surface area contributed by atoms with Gasteiger partial charge < -0.3 is 11.1 Å². The zero-order valence-corrected chi connectivity index (χ0v) is 10.2. The maximum Gasteiger partial charge on any atom is 0.133 e. The molecule has 3 N–H and O–H groups in total. The lowest BCUT2D eigenvalue weighted by Crippen LogP contribution is -2.43. The van der Waals surface area contributed by atoms with Crippen molar-refractivity contribution in [1.82, 2.24) is 9.97 Å². The molecule has 1 aromatic rings. The van der Waals surface area contributed by atoms with Gasteiger partial charge in [0, 0.05) is 23.3 Å². The Hall–Kier alpha value is -1.16. The molecule has 0 aromatic carbocycles. The van der Waals surface area contributed by atoms with Gasteiger partial charge in [-0.1, -0.05) is 12.8 Å². The third-order valence-electron chi connectivity index (χ3n) is 4.02. The second-order valence-corrected chi connectivity index (χ2v) is 5.20. The molecule has 0 unspecified atom stereocenters. The smallest absolute Gasteiger partial charge is 0.133 e. The Morgan fingerprint density at radius 3 is 2.88 bits per heavy atom. The number of anilines is 1. The fourth-order valence-corrected chi connectivity index (χ4v) is 3.00. The minimum Gasteiger partial charge on any atom is -0.365 e. The van der Waals surface area contributed by atoms with Crippen LogP contribution in [0.3, 0.4) is 0 Å². The summed E-state index contributed by atoms with van der Waals surface area (Å²) in [5, 5.41) is 3.55. The lowest BCUT2D eigenvalue weighted by Gasteiger charge is -2.30. The van der Waals surface area contributed by atoms with E-state index in [9.17, 15) is 0 Å². The molecule has 1 heterocycles. The van der Waals surface area contributed by atoms with Crippen LogP contribution in [0.2, 0.25) is 0 Å². The number of hydrogen-bond acceptors (Lipinski definition) is 4. The van der Waals surface area contributed by atoms with Gasteiger partial charge in [-0.3, -0.25) is 0 Å². The van der Waals surface area contributed by atoms with E-state index in [1.807, 2.05) is 0 Å². The molecule has 4 heteroatoms. The van der Waals surface area contributed by atoms with Gasteiger partial charge in [-0.2, -0.15) is 0 Å². The van der Waals surface area contributed by atoms with Crippen LogP contribution in [-0.4, -0.2) is 22.1 Å². The zero-order chi connectivity index (χ0) is 11.7. The second-order valence-electron chi connectivity index (χ2n) is 5.20. The van der Waals surface area contributed by atoms with Crippen LogP contribution in [0.4, 0.5) is 5.82 Å². The third-order valence-corrected chi connectivity index (χ3v) is 4.02. The number of aromatic nitrogens is 2. The minimum absolute atomic E-state index is 0.274.